The van der Waals surface area contributed by atoms with Crippen LogP contribution < -0.4 is 0 Å². The van der Waals surface area contributed by atoms with Gasteiger partial charge < -0.3 is 4.74 Å². The molecule has 2 aliphatic rings. The van der Waals surface area contributed by atoms with Gasteiger partial charge in [-0.1, -0.05) is 6.92 Å². The molecule has 1 aliphatic carbocycles. The highest BCUT2D eigenvalue weighted by Gasteiger charge is 2.41. The van der Waals surface area contributed by atoms with Crippen LogP contribution in [0.3, 0.4) is 0 Å². The maximum absolute atomic E-state index is 5.37. The normalized spacial score (nSPS) is 52.9. The van der Waals surface area contributed by atoms with Crippen molar-refractivity contribution in [1.82, 2.24) is 0 Å². The molecule has 1 heterocycles. The van der Waals surface area contributed by atoms with Crippen LogP contribution in [-0.4, -0.2) is 12.7 Å². The first kappa shape index (κ1) is 4.80. The molecule has 0 aromatic carbocycles. The Morgan fingerprint density at radius 3 is 2.50 bits per heavy atom. The van der Waals surface area contributed by atoms with E-state index in [0.717, 1.165) is 18.4 Å². The topological polar surface area (TPSA) is 9.23 Å². The number of rotatable bonds is 0. The van der Waals surface area contributed by atoms with Gasteiger partial charge in [-0.05, 0) is 18.8 Å². The van der Waals surface area contributed by atoms with E-state index in [-0.39, 0.29) is 0 Å². The Hall–Kier alpha value is -0.0400. The fourth-order valence-electron chi connectivity index (χ4n) is 1.86. The predicted molar refractivity (Wildman–Crippen MR) is 31.6 cm³/mol. The molecule has 0 bridgehead atoms. The molecule has 0 spiro atoms. The molecule has 3 atom stereocenters. The fourth-order valence-corrected chi connectivity index (χ4v) is 1.86. The summed E-state index contributed by atoms with van der Waals surface area (Å²) in [4.78, 5) is 0. The van der Waals surface area contributed by atoms with Crippen LogP contribution in [0.15, 0.2) is 0 Å². The molecule has 1 saturated carbocycles. The van der Waals surface area contributed by atoms with Crippen molar-refractivity contribution in [1.29, 1.82) is 0 Å². The first-order valence-corrected chi connectivity index (χ1v) is 3.49. The molecule has 0 aromatic rings. The molecule has 0 amide bonds. The van der Waals surface area contributed by atoms with Gasteiger partial charge >= 0.3 is 0 Å². The van der Waals surface area contributed by atoms with Gasteiger partial charge in [0.25, 0.3) is 0 Å². The molecule has 0 radical (unpaired) electrons. The summed E-state index contributed by atoms with van der Waals surface area (Å²) in [6, 6.07) is 0. The Labute approximate surface area is 50.0 Å². The molecule has 0 N–H and O–H groups in total. The van der Waals surface area contributed by atoms with Crippen LogP contribution >= 0.6 is 0 Å². The summed E-state index contributed by atoms with van der Waals surface area (Å²) in [5, 5.41) is 0. The van der Waals surface area contributed by atoms with E-state index in [0.29, 0.717) is 6.10 Å². The van der Waals surface area contributed by atoms with Crippen LogP contribution in [0.4, 0.5) is 0 Å². The fraction of sp³-hybridized carbons (Fsp3) is 1.00. The van der Waals surface area contributed by atoms with Crippen molar-refractivity contribution < 1.29 is 4.74 Å². The van der Waals surface area contributed by atoms with Crippen molar-refractivity contribution in [2.45, 2.75) is 25.9 Å². The first-order valence-electron chi connectivity index (χ1n) is 3.49. The zero-order chi connectivity index (χ0) is 5.56. The van der Waals surface area contributed by atoms with Gasteiger partial charge in [0.2, 0.25) is 0 Å². The number of hydrogen-bond acceptors (Lipinski definition) is 1. The van der Waals surface area contributed by atoms with Crippen LogP contribution in [0.1, 0.15) is 19.8 Å². The zero-order valence-corrected chi connectivity index (χ0v) is 5.26. The SMILES string of the molecule is C[C@@H]1CC[C@H]2CO[C@H]21. The van der Waals surface area contributed by atoms with Gasteiger partial charge in [0.15, 0.2) is 0 Å². The molecular weight excluding hydrogens is 100 g/mol. The summed E-state index contributed by atoms with van der Waals surface area (Å²) in [7, 11) is 0. The Bertz CT molecular complexity index is 94.6. The summed E-state index contributed by atoms with van der Waals surface area (Å²) in [5.74, 6) is 1.80. The Morgan fingerprint density at radius 1 is 1.38 bits per heavy atom. The van der Waals surface area contributed by atoms with Crippen LogP contribution in [0.5, 0.6) is 0 Å². The molecule has 0 aromatic heterocycles. The van der Waals surface area contributed by atoms with Gasteiger partial charge in [-0.25, -0.2) is 0 Å². The smallest absolute Gasteiger partial charge is 0.0650 e. The second-order valence-corrected chi connectivity index (χ2v) is 3.11. The van der Waals surface area contributed by atoms with Gasteiger partial charge in [0.05, 0.1) is 12.7 Å². The zero-order valence-electron chi connectivity index (χ0n) is 5.26. The van der Waals surface area contributed by atoms with Crippen molar-refractivity contribution in [2.75, 3.05) is 6.61 Å². The number of ether oxygens (including phenoxy) is 1. The van der Waals surface area contributed by atoms with E-state index in [1.807, 2.05) is 0 Å². The van der Waals surface area contributed by atoms with Gasteiger partial charge in [0, 0.05) is 5.92 Å². The van der Waals surface area contributed by atoms with Crippen molar-refractivity contribution in [3.8, 4) is 0 Å². The molecule has 2 rings (SSSR count). The van der Waals surface area contributed by atoms with Gasteiger partial charge in [0.1, 0.15) is 0 Å². The van der Waals surface area contributed by atoms with Crippen molar-refractivity contribution >= 4 is 0 Å². The molecule has 1 aliphatic heterocycles. The average molecular weight is 112 g/mol. The number of fused-ring (bicyclic) bond motifs is 1. The Morgan fingerprint density at radius 2 is 2.25 bits per heavy atom. The van der Waals surface area contributed by atoms with Crippen LogP contribution in [0.2, 0.25) is 0 Å². The Balaban J connectivity index is 2.05. The van der Waals surface area contributed by atoms with Crippen molar-refractivity contribution in [3.63, 3.8) is 0 Å². The third-order valence-corrected chi connectivity index (χ3v) is 2.52. The quantitative estimate of drug-likeness (QED) is 0.460. The lowest BCUT2D eigenvalue weighted by Gasteiger charge is -2.33. The van der Waals surface area contributed by atoms with E-state index in [4.69, 9.17) is 4.74 Å². The summed E-state index contributed by atoms with van der Waals surface area (Å²) in [6.45, 7) is 3.35. The molecule has 8 heavy (non-hydrogen) atoms. The average Bonchev–Trinajstić information content (AvgIpc) is 1.80. The van der Waals surface area contributed by atoms with E-state index in [1.165, 1.54) is 12.8 Å². The van der Waals surface area contributed by atoms with E-state index in [9.17, 15) is 0 Å². The lowest BCUT2D eigenvalue weighted by Crippen LogP contribution is -2.38. The highest BCUT2D eigenvalue weighted by molar-refractivity contribution is 4.89. The standard InChI is InChI=1S/C7H12O/c1-5-2-3-6-4-8-7(5)6/h5-7H,2-4H2,1H3/t5-,6+,7+/m1/s1. The van der Waals surface area contributed by atoms with Gasteiger partial charge in [-0.2, -0.15) is 0 Å². The molecular formula is C7H12O. The Kier molecular flexibility index (Phi) is 0.884. The third-order valence-electron chi connectivity index (χ3n) is 2.52. The van der Waals surface area contributed by atoms with E-state index in [1.54, 1.807) is 0 Å². The lowest BCUT2D eigenvalue weighted by atomic mass is 9.98. The second kappa shape index (κ2) is 1.47. The highest BCUT2D eigenvalue weighted by Crippen LogP contribution is 2.39. The summed E-state index contributed by atoms with van der Waals surface area (Å²) < 4.78 is 5.37. The lowest BCUT2D eigenvalue weighted by molar-refractivity contribution is -0.112. The van der Waals surface area contributed by atoms with E-state index in [2.05, 4.69) is 6.92 Å². The maximum Gasteiger partial charge on any atom is 0.0650 e. The minimum atomic E-state index is 0.662. The van der Waals surface area contributed by atoms with E-state index < -0.39 is 0 Å². The summed E-state index contributed by atoms with van der Waals surface area (Å²) in [5.41, 5.74) is 0. The second-order valence-electron chi connectivity index (χ2n) is 3.11. The highest BCUT2D eigenvalue weighted by atomic mass is 16.5. The van der Waals surface area contributed by atoms with E-state index >= 15 is 0 Å². The monoisotopic (exact) mass is 112 g/mol. The summed E-state index contributed by atoms with van der Waals surface area (Å²) >= 11 is 0. The molecule has 1 nitrogen and oxygen atoms in total. The molecule has 2 fully saturated rings. The first-order chi connectivity index (χ1) is 3.88. The summed E-state index contributed by atoms with van der Waals surface area (Å²) in [6.07, 6.45) is 3.48. The molecule has 1 saturated heterocycles. The van der Waals surface area contributed by atoms with Crippen LogP contribution in [0.25, 0.3) is 0 Å². The largest absolute Gasteiger partial charge is 0.377 e. The van der Waals surface area contributed by atoms with Crippen molar-refractivity contribution in [2.24, 2.45) is 11.8 Å². The van der Waals surface area contributed by atoms with Crippen molar-refractivity contribution in [3.05, 3.63) is 0 Å². The molecule has 1 heteroatoms. The third kappa shape index (κ3) is 0.455. The van der Waals surface area contributed by atoms with Crippen LogP contribution in [-0.2, 0) is 4.74 Å². The molecule has 46 valence electrons. The van der Waals surface area contributed by atoms with Gasteiger partial charge in [-0.3, -0.25) is 0 Å². The number of hydrogen-bond donors (Lipinski definition) is 0. The predicted octanol–water partition coefficient (Wildman–Crippen LogP) is 1.43. The van der Waals surface area contributed by atoms with Crippen LogP contribution in [0, 0.1) is 11.8 Å². The molecule has 0 unspecified atom stereocenters. The minimum absolute atomic E-state index is 0.662. The minimum Gasteiger partial charge on any atom is -0.377 e. The maximum atomic E-state index is 5.37. The van der Waals surface area contributed by atoms with Gasteiger partial charge in [-0.15, -0.1) is 0 Å².